The lowest BCUT2D eigenvalue weighted by atomic mass is 10.1. The van der Waals surface area contributed by atoms with Crippen molar-refractivity contribution in [2.75, 3.05) is 12.8 Å². The molecular formula is C17H21N3O. The van der Waals surface area contributed by atoms with Gasteiger partial charge in [0.25, 0.3) is 0 Å². The number of nitrogen functional groups attached to an aromatic ring is 1. The molecule has 0 amide bonds. The van der Waals surface area contributed by atoms with E-state index in [9.17, 15) is 0 Å². The normalized spacial score (nSPS) is 10.5. The Hall–Kier alpha value is -2.25. The molecule has 4 nitrogen and oxygen atoms in total. The first-order valence-electron chi connectivity index (χ1n) is 7.07. The maximum atomic E-state index is 6.23. The van der Waals surface area contributed by atoms with Crippen LogP contribution < -0.4 is 5.73 Å². The molecule has 2 rings (SSSR count). The van der Waals surface area contributed by atoms with Crippen LogP contribution in [-0.4, -0.2) is 16.7 Å². The van der Waals surface area contributed by atoms with Gasteiger partial charge in [0.05, 0.1) is 13.2 Å². The minimum absolute atomic E-state index is 0.454. The van der Waals surface area contributed by atoms with Crippen molar-refractivity contribution in [1.29, 1.82) is 0 Å². The van der Waals surface area contributed by atoms with Crippen LogP contribution in [0.15, 0.2) is 24.3 Å². The van der Waals surface area contributed by atoms with Gasteiger partial charge in [-0.05, 0) is 12.0 Å². The van der Waals surface area contributed by atoms with Crippen LogP contribution in [0.3, 0.4) is 0 Å². The molecule has 0 aliphatic heterocycles. The Morgan fingerprint density at radius 2 is 2.05 bits per heavy atom. The summed E-state index contributed by atoms with van der Waals surface area (Å²) < 4.78 is 7.04. The average Bonchev–Trinajstić information content (AvgIpc) is 2.79. The van der Waals surface area contributed by atoms with Crippen molar-refractivity contribution in [1.82, 2.24) is 9.55 Å². The predicted molar refractivity (Wildman–Crippen MR) is 85.6 cm³/mol. The lowest BCUT2D eigenvalue weighted by Gasteiger charge is -2.05. The molecule has 21 heavy (non-hydrogen) atoms. The predicted octanol–water partition coefficient (Wildman–Crippen LogP) is 2.86. The van der Waals surface area contributed by atoms with Gasteiger partial charge in [0.1, 0.15) is 17.3 Å². The van der Waals surface area contributed by atoms with Crippen LogP contribution in [0.2, 0.25) is 0 Å². The number of imidazole rings is 1. The third-order valence-electron chi connectivity index (χ3n) is 3.35. The highest BCUT2D eigenvalue weighted by Crippen LogP contribution is 2.27. The zero-order valence-corrected chi connectivity index (χ0v) is 12.6. The third-order valence-corrected chi connectivity index (χ3v) is 3.35. The second-order valence-corrected chi connectivity index (χ2v) is 4.93. The van der Waals surface area contributed by atoms with Crippen LogP contribution in [0, 0.1) is 12.3 Å². The number of hydrogen-bond acceptors (Lipinski definition) is 3. The largest absolute Gasteiger partial charge is 0.383 e. The van der Waals surface area contributed by atoms with E-state index in [1.165, 1.54) is 0 Å². The van der Waals surface area contributed by atoms with Gasteiger partial charge in [-0.25, -0.2) is 4.98 Å². The summed E-state index contributed by atoms with van der Waals surface area (Å²) >= 11 is 0. The van der Waals surface area contributed by atoms with Gasteiger partial charge in [0.2, 0.25) is 0 Å². The molecule has 0 saturated carbocycles. The molecule has 0 aliphatic carbocycles. The van der Waals surface area contributed by atoms with Crippen LogP contribution in [0.25, 0.3) is 11.3 Å². The van der Waals surface area contributed by atoms with Crippen LogP contribution in [0.4, 0.5) is 5.82 Å². The van der Waals surface area contributed by atoms with Gasteiger partial charge in [-0.3, -0.25) is 0 Å². The van der Waals surface area contributed by atoms with Gasteiger partial charge in [0.15, 0.2) is 0 Å². The van der Waals surface area contributed by atoms with Gasteiger partial charge < -0.3 is 15.0 Å². The number of aryl methyl sites for hydroxylation is 1. The summed E-state index contributed by atoms with van der Waals surface area (Å²) in [6, 6.07) is 8.09. The number of hydrogen-bond donors (Lipinski definition) is 1. The number of terminal acetylenes is 1. The molecule has 0 saturated heterocycles. The van der Waals surface area contributed by atoms with Crippen LogP contribution in [0.5, 0.6) is 0 Å². The summed E-state index contributed by atoms with van der Waals surface area (Å²) in [5, 5.41) is 0. The summed E-state index contributed by atoms with van der Waals surface area (Å²) in [4.78, 5) is 4.68. The molecule has 110 valence electrons. The fraction of sp³-hybridized carbons (Fsp3) is 0.353. The van der Waals surface area contributed by atoms with E-state index in [0.717, 1.165) is 35.5 Å². The van der Waals surface area contributed by atoms with Crippen molar-refractivity contribution in [2.45, 2.75) is 32.9 Å². The zero-order chi connectivity index (χ0) is 15.2. The highest BCUT2D eigenvalue weighted by Gasteiger charge is 2.15. The fourth-order valence-electron chi connectivity index (χ4n) is 2.33. The third kappa shape index (κ3) is 3.26. The average molecular weight is 283 g/mol. The van der Waals surface area contributed by atoms with Gasteiger partial charge in [-0.15, -0.1) is 6.42 Å². The summed E-state index contributed by atoms with van der Waals surface area (Å²) in [5.41, 5.74) is 9.16. The Morgan fingerprint density at radius 3 is 2.62 bits per heavy atom. The minimum atomic E-state index is 0.454. The van der Waals surface area contributed by atoms with Gasteiger partial charge in [0, 0.05) is 19.1 Å². The molecule has 0 aliphatic rings. The van der Waals surface area contributed by atoms with E-state index < -0.39 is 0 Å². The topological polar surface area (TPSA) is 53.1 Å². The molecule has 0 bridgehead atoms. The van der Waals surface area contributed by atoms with Crippen LogP contribution in [-0.2, 0) is 24.3 Å². The molecule has 0 atom stereocenters. The number of nitrogens with zero attached hydrogens (tertiary/aromatic N) is 2. The first kappa shape index (κ1) is 15.1. The monoisotopic (exact) mass is 283 g/mol. The van der Waals surface area contributed by atoms with Crippen molar-refractivity contribution in [3.8, 4) is 23.6 Å². The molecule has 0 spiro atoms. The number of methoxy groups -OCH3 is 1. The number of ether oxygens (including phenoxy) is 1. The molecular weight excluding hydrogens is 262 g/mol. The zero-order valence-electron chi connectivity index (χ0n) is 12.6. The Kier molecular flexibility index (Phi) is 5.02. The van der Waals surface area contributed by atoms with Gasteiger partial charge >= 0.3 is 0 Å². The minimum Gasteiger partial charge on any atom is -0.383 e. The fourth-order valence-corrected chi connectivity index (χ4v) is 2.33. The van der Waals surface area contributed by atoms with Crippen molar-refractivity contribution in [2.24, 2.45) is 0 Å². The molecule has 0 radical (unpaired) electrons. The van der Waals surface area contributed by atoms with Crippen molar-refractivity contribution in [3.05, 3.63) is 35.7 Å². The summed E-state index contributed by atoms with van der Waals surface area (Å²) in [6.07, 6.45) is 7.30. The van der Waals surface area contributed by atoms with E-state index in [2.05, 4.69) is 17.8 Å². The lowest BCUT2D eigenvalue weighted by molar-refractivity contribution is 0.185. The smallest absolute Gasteiger partial charge is 0.132 e. The van der Waals surface area contributed by atoms with E-state index in [-0.39, 0.29) is 0 Å². The number of rotatable bonds is 6. The van der Waals surface area contributed by atoms with Gasteiger partial charge in [-0.2, -0.15) is 0 Å². The lowest BCUT2D eigenvalue weighted by Crippen LogP contribution is -2.06. The van der Waals surface area contributed by atoms with Crippen molar-refractivity contribution < 1.29 is 4.74 Å². The van der Waals surface area contributed by atoms with Gasteiger partial charge in [-0.1, -0.05) is 37.1 Å². The first-order valence-corrected chi connectivity index (χ1v) is 7.07. The van der Waals surface area contributed by atoms with Crippen molar-refractivity contribution in [3.63, 3.8) is 0 Å². The maximum Gasteiger partial charge on any atom is 0.132 e. The summed E-state index contributed by atoms with van der Waals surface area (Å²) in [7, 11) is 1.68. The number of nitrogens with two attached hydrogens (primary N) is 1. The second-order valence-electron chi connectivity index (χ2n) is 4.93. The summed E-state index contributed by atoms with van der Waals surface area (Å²) in [6.45, 7) is 3.17. The highest BCUT2D eigenvalue weighted by molar-refractivity contribution is 5.71. The molecule has 1 aromatic carbocycles. The molecule has 0 unspecified atom stereocenters. The van der Waals surface area contributed by atoms with Crippen molar-refractivity contribution >= 4 is 5.82 Å². The van der Waals surface area contributed by atoms with E-state index in [1.54, 1.807) is 7.11 Å². The highest BCUT2D eigenvalue weighted by atomic mass is 16.5. The SMILES string of the molecule is C#CCn1c(CCC)nc(-c2ccc(COC)cc2)c1N. The molecule has 1 aromatic heterocycles. The molecule has 2 aromatic rings. The maximum absolute atomic E-state index is 6.23. The number of anilines is 1. The first-order chi connectivity index (χ1) is 10.2. The molecule has 2 N–H and O–H groups in total. The van der Waals surface area contributed by atoms with Crippen LogP contribution in [0.1, 0.15) is 24.7 Å². The Morgan fingerprint density at radius 1 is 1.33 bits per heavy atom. The molecule has 1 heterocycles. The Bertz CT molecular complexity index is 635. The quantitative estimate of drug-likeness (QED) is 0.829. The van der Waals surface area contributed by atoms with E-state index in [0.29, 0.717) is 19.0 Å². The Labute approximate surface area is 125 Å². The molecule has 4 heteroatoms. The number of benzene rings is 1. The Balaban J connectivity index is 2.39. The molecule has 0 fully saturated rings. The second kappa shape index (κ2) is 6.96. The number of aromatic nitrogens is 2. The van der Waals surface area contributed by atoms with E-state index >= 15 is 0 Å². The van der Waals surface area contributed by atoms with Crippen LogP contribution >= 0.6 is 0 Å². The standard InChI is InChI=1S/C17H21N3O/c1-4-6-15-19-16(17(18)20(15)11-5-2)14-9-7-13(8-10-14)12-21-3/h2,7-10H,4,6,11-12,18H2,1,3H3. The summed E-state index contributed by atoms with van der Waals surface area (Å²) in [5.74, 6) is 4.22. The van der Waals surface area contributed by atoms with E-state index in [1.807, 2.05) is 28.8 Å². The van der Waals surface area contributed by atoms with E-state index in [4.69, 9.17) is 16.9 Å².